The second-order valence-electron chi connectivity index (χ2n) is 3.73. The van der Waals surface area contributed by atoms with Crippen LogP contribution >= 0.6 is 58.2 Å². The van der Waals surface area contributed by atoms with Gasteiger partial charge >= 0.3 is 4.70 Å². The average molecular weight is 367 g/mol. The van der Waals surface area contributed by atoms with Crippen molar-refractivity contribution in [3.63, 3.8) is 0 Å². The average Bonchev–Trinajstić information content (AvgIpc) is 2.36. The quantitative estimate of drug-likeness (QED) is 0.444. The summed E-state index contributed by atoms with van der Waals surface area (Å²) in [5.74, 6) is 0. The number of rotatable bonds is 0. The molecule has 0 fully saturated rings. The van der Waals surface area contributed by atoms with Crippen molar-refractivity contribution in [1.82, 2.24) is 0 Å². The Bertz CT molecular complexity index is 607. The largest absolute Gasteiger partial charge is 0.354 e. The lowest BCUT2D eigenvalue weighted by Gasteiger charge is -2.20. The van der Waals surface area contributed by atoms with E-state index >= 15 is 0 Å². The van der Waals surface area contributed by atoms with Gasteiger partial charge in [0.2, 0.25) is 0 Å². The third-order valence-electron chi connectivity index (χ3n) is 2.37. The molecule has 1 aliphatic rings. The van der Waals surface area contributed by atoms with Crippen LogP contribution in [0.4, 0.5) is 16.2 Å². The van der Waals surface area contributed by atoms with Gasteiger partial charge in [-0.05, 0) is 59.6 Å². The molecule has 104 valence electrons. The highest BCUT2D eigenvalue weighted by Gasteiger charge is 2.15. The lowest BCUT2D eigenvalue weighted by molar-refractivity contribution is 0.275. The molecule has 2 aromatic rings. The smallest absolute Gasteiger partial charge is 0.313 e. The number of hydrogen-bond donors (Lipinski definition) is 1. The van der Waals surface area contributed by atoms with E-state index in [9.17, 15) is 0 Å². The first-order chi connectivity index (χ1) is 9.45. The van der Waals surface area contributed by atoms with E-state index in [4.69, 9.17) is 28.0 Å². The molecule has 2 aromatic carbocycles. The lowest BCUT2D eigenvalue weighted by atomic mass is 10.2. The summed E-state index contributed by atoms with van der Waals surface area (Å²) < 4.78 is -0.889. The summed E-state index contributed by atoms with van der Waals surface area (Å²) in [5.41, 5.74) is 2.12. The molecule has 1 N–H and O–H groups in total. The van der Waals surface area contributed by atoms with Gasteiger partial charge < -0.3 is 5.32 Å². The summed E-state index contributed by atoms with van der Waals surface area (Å²) in [5, 5.41) is 4.84. The minimum atomic E-state index is -0.889. The zero-order chi connectivity index (χ0) is 14.7. The fourth-order valence-corrected chi connectivity index (χ4v) is 3.05. The van der Waals surface area contributed by atoms with Crippen molar-refractivity contribution >= 4 is 74.2 Å². The van der Waals surface area contributed by atoms with Gasteiger partial charge in [-0.2, -0.15) is 0 Å². The van der Waals surface area contributed by atoms with Crippen LogP contribution in [0.1, 0.15) is 0 Å². The molecule has 0 radical (unpaired) electrons. The van der Waals surface area contributed by atoms with Gasteiger partial charge in [0.15, 0.2) is 0 Å². The molecule has 0 bridgehead atoms. The number of hydrogen-bond acceptors (Lipinski definition) is 3. The molecular weight excluding hydrogens is 360 g/mol. The molecule has 0 saturated carbocycles. The maximum atomic E-state index is 8.98. The Morgan fingerprint density at radius 1 is 0.900 bits per heavy atom. The Morgan fingerprint density at radius 3 is 2.20 bits per heavy atom. The van der Waals surface area contributed by atoms with Crippen LogP contribution < -0.4 is 5.32 Å². The number of fused-ring (bicyclic) bond motifs is 2. The summed E-state index contributed by atoms with van der Waals surface area (Å²) in [7, 11) is 0. The Balaban J connectivity index is 0.000000328. The van der Waals surface area contributed by atoms with Crippen LogP contribution in [0.15, 0.2) is 46.2 Å². The van der Waals surface area contributed by atoms with Crippen molar-refractivity contribution in [3.05, 3.63) is 46.4 Å². The number of nitrogens with one attached hydrogen (secondary N) is 1. The Kier molecular flexibility index (Phi) is 5.47. The first-order valence-corrected chi connectivity index (χ1v) is 7.67. The van der Waals surface area contributed by atoms with Crippen molar-refractivity contribution in [1.29, 1.82) is 0 Å². The lowest BCUT2D eigenvalue weighted by Crippen LogP contribution is -1.99. The SMILES string of the molecule is Clc1ccc2c(c1)Nc1ccc(Cl)cc1S2.O=C(Cl)Cl. The monoisotopic (exact) mass is 365 g/mol. The van der Waals surface area contributed by atoms with Gasteiger partial charge in [0.25, 0.3) is 0 Å². The van der Waals surface area contributed by atoms with Crippen LogP contribution in [0.2, 0.25) is 10.0 Å². The fourth-order valence-electron chi connectivity index (χ4n) is 1.64. The van der Waals surface area contributed by atoms with Crippen LogP contribution in [0, 0.1) is 0 Å². The van der Waals surface area contributed by atoms with Gasteiger partial charge in [-0.3, -0.25) is 4.79 Å². The molecule has 0 spiro atoms. The summed E-state index contributed by atoms with van der Waals surface area (Å²) in [6.45, 7) is 0. The highest BCUT2D eigenvalue weighted by Crippen LogP contribution is 2.45. The number of carbonyl (C=O) groups is 1. The van der Waals surface area contributed by atoms with E-state index in [1.54, 1.807) is 11.8 Å². The second kappa shape index (κ2) is 6.92. The summed E-state index contributed by atoms with van der Waals surface area (Å²) in [6, 6.07) is 11.7. The van der Waals surface area contributed by atoms with Crippen LogP contribution in [0.25, 0.3) is 0 Å². The maximum Gasteiger partial charge on any atom is 0.313 e. The predicted octanol–water partition coefficient (Wildman–Crippen LogP) is 6.79. The first-order valence-electron chi connectivity index (χ1n) is 5.34. The van der Waals surface area contributed by atoms with E-state index in [1.807, 2.05) is 36.4 Å². The zero-order valence-electron chi connectivity index (χ0n) is 9.79. The molecule has 1 aliphatic heterocycles. The highest BCUT2D eigenvalue weighted by atomic mass is 35.5. The highest BCUT2D eigenvalue weighted by molar-refractivity contribution is 7.99. The summed E-state index contributed by atoms with van der Waals surface area (Å²) in [4.78, 5) is 11.3. The van der Waals surface area contributed by atoms with Crippen molar-refractivity contribution in [2.45, 2.75) is 9.79 Å². The Labute approximate surface area is 140 Å². The molecule has 0 aromatic heterocycles. The van der Waals surface area contributed by atoms with E-state index in [0.29, 0.717) is 0 Å². The van der Waals surface area contributed by atoms with Crippen LogP contribution in [-0.4, -0.2) is 4.70 Å². The normalized spacial score (nSPS) is 11.4. The second-order valence-corrected chi connectivity index (χ2v) is 6.57. The molecule has 0 amide bonds. The molecule has 7 heteroatoms. The molecule has 2 nitrogen and oxygen atoms in total. The van der Waals surface area contributed by atoms with Crippen molar-refractivity contribution in [2.24, 2.45) is 0 Å². The van der Waals surface area contributed by atoms with Gasteiger partial charge in [-0.15, -0.1) is 0 Å². The van der Waals surface area contributed by atoms with Crippen LogP contribution in [0.5, 0.6) is 0 Å². The molecule has 0 atom stereocenters. The third-order valence-corrected chi connectivity index (χ3v) is 3.98. The molecule has 0 aliphatic carbocycles. The van der Waals surface area contributed by atoms with E-state index in [1.165, 1.54) is 4.90 Å². The van der Waals surface area contributed by atoms with Gasteiger partial charge in [-0.25, -0.2) is 0 Å². The standard InChI is InChI=1S/C12H7Cl2NS.CCl2O/c13-7-2-4-11-10(5-7)15-9-3-1-8(14)6-12(9)16-11;2-1(3)4/h1-6,15H;. The van der Waals surface area contributed by atoms with Crippen molar-refractivity contribution < 1.29 is 4.79 Å². The van der Waals surface area contributed by atoms with Crippen molar-refractivity contribution in [3.8, 4) is 0 Å². The minimum Gasteiger partial charge on any atom is -0.354 e. The van der Waals surface area contributed by atoms with E-state index in [0.717, 1.165) is 26.3 Å². The number of benzene rings is 2. The maximum absolute atomic E-state index is 8.98. The summed E-state index contributed by atoms with van der Waals surface area (Å²) in [6.07, 6.45) is 0. The third kappa shape index (κ3) is 4.21. The topological polar surface area (TPSA) is 29.1 Å². The molecule has 20 heavy (non-hydrogen) atoms. The molecular formula is C13H7Cl4NOS. The molecule has 0 unspecified atom stereocenters. The fraction of sp³-hybridized carbons (Fsp3) is 0. The van der Waals surface area contributed by atoms with Crippen LogP contribution in [-0.2, 0) is 0 Å². The van der Waals surface area contributed by atoms with Gasteiger partial charge in [0.05, 0.1) is 11.4 Å². The molecule has 1 heterocycles. The van der Waals surface area contributed by atoms with E-state index in [2.05, 4.69) is 28.5 Å². The van der Waals surface area contributed by atoms with Gasteiger partial charge in [0, 0.05) is 19.8 Å². The van der Waals surface area contributed by atoms with Gasteiger partial charge in [-0.1, -0.05) is 35.0 Å². The summed E-state index contributed by atoms with van der Waals surface area (Å²) >= 11 is 22.4. The predicted molar refractivity (Wildman–Crippen MR) is 87.4 cm³/mol. The Hall–Kier alpha value is -0.580. The van der Waals surface area contributed by atoms with E-state index in [-0.39, 0.29) is 0 Å². The zero-order valence-corrected chi connectivity index (χ0v) is 13.6. The first kappa shape index (κ1) is 15.8. The number of halogens is 4. The number of anilines is 2. The van der Waals surface area contributed by atoms with Crippen molar-refractivity contribution in [2.75, 3.05) is 5.32 Å². The minimum absolute atomic E-state index is 0.740. The van der Waals surface area contributed by atoms with E-state index < -0.39 is 4.70 Å². The number of carbonyl (C=O) groups excluding carboxylic acids is 1. The Morgan fingerprint density at radius 2 is 1.50 bits per heavy atom. The molecule has 0 saturated heterocycles. The van der Waals surface area contributed by atoms with Crippen LogP contribution in [0.3, 0.4) is 0 Å². The molecule has 3 rings (SSSR count). The van der Waals surface area contributed by atoms with Gasteiger partial charge in [0.1, 0.15) is 0 Å².